The van der Waals surface area contributed by atoms with E-state index >= 15 is 0 Å². The zero-order valence-corrected chi connectivity index (χ0v) is 18.7. The van der Waals surface area contributed by atoms with Crippen LogP contribution in [0, 0.1) is 5.82 Å². The lowest BCUT2D eigenvalue weighted by atomic mass is 10.2. The third-order valence-electron chi connectivity index (χ3n) is 4.31. The molecule has 0 aliphatic heterocycles. The van der Waals surface area contributed by atoms with E-state index in [0.717, 1.165) is 13.1 Å². The zero-order valence-electron chi connectivity index (χ0n) is 17.9. The molecule has 0 amide bonds. The minimum atomic E-state index is -4.99. The Hall–Kier alpha value is -3.94. The third-order valence-corrected chi connectivity index (χ3v) is 4.60. The van der Waals surface area contributed by atoms with Crippen molar-refractivity contribution in [2.75, 3.05) is 13.2 Å². The molecular weight excluding hydrogens is 504 g/mol. The highest BCUT2D eigenvalue weighted by molar-refractivity contribution is 6.32. The van der Waals surface area contributed by atoms with E-state index in [2.05, 4.69) is 9.97 Å². The summed E-state index contributed by atoms with van der Waals surface area (Å²) >= 11 is 5.98. The number of aromatic nitrogens is 4. The van der Waals surface area contributed by atoms with Crippen LogP contribution in [0.4, 0.5) is 17.6 Å². The topological polar surface area (TPSA) is 115 Å². The van der Waals surface area contributed by atoms with Gasteiger partial charge in [0, 0.05) is 31.4 Å². The number of alkyl halides is 3. The fraction of sp³-hybridized carbons (Fsp3) is 0.250. The summed E-state index contributed by atoms with van der Waals surface area (Å²) in [6.07, 6.45) is -3.78. The van der Waals surface area contributed by atoms with Crippen LogP contribution in [0.2, 0.25) is 5.02 Å². The summed E-state index contributed by atoms with van der Waals surface area (Å²) in [4.78, 5) is 43.9. The molecule has 3 aromatic rings. The first kappa shape index (κ1) is 25.7. The van der Waals surface area contributed by atoms with E-state index in [9.17, 15) is 31.9 Å². The molecule has 0 saturated carbocycles. The lowest BCUT2D eigenvalue weighted by Gasteiger charge is -2.15. The Morgan fingerprint density at radius 3 is 2.57 bits per heavy atom. The van der Waals surface area contributed by atoms with Crippen molar-refractivity contribution in [2.24, 2.45) is 7.05 Å². The molecule has 15 heteroatoms. The molecule has 2 heterocycles. The van der Waals surface area contributed by atoms with Crippen LogP contribution in [0.5, 0.6) is 17.6 Å². The summed E-state index contributed by atoms with van der Waals surface area (Å²) in [6.45, 7) is 1.31. The largest absolute Gasteiger partial charge is 0.465 e. The second-order valence-corrected chi connectivity index (χ2v) is 7.06. The van der Waals surface area contributed by atoms with Crippen molar-refractivity contribution in [3.8, 4) is 23.3 Å². The molecule has 0 atom stereocenters. The molecule has 0 fully saturated rings. The van der Waals surface area contributed by atoms with Gasteiger partial charge in [-0.2, -0.15) is 18.2 Å². The molecule has 0 bridgehead atoms. The van der Waals surface area contributed by atoms with E-state index in [4.69, 9.17) is 25.8 Å². The van der Waals surface area contributed by atoms with Gasteiger partial charge in [0.05, 0.1) is 17.3 Å². The quantitative estimate of drug-likeness (QED) is 0.346. The number of carbonyl (C=O) groups excluding carboxylic acids is 1. The lowest BCUT2D eigenvalue weighted by molar-refractivity contribution is -0.145. The van der Waals surface area contributed by atoms with Gasteiger partial charge < -0.3 is 14.2 Å². The number of esters is 1. The number of hydrogen-bond acceptors (Lipinski definition) is 8. The van der Waals surface area contributed by atoms with Crippen LogP contribution in [0.1, 0.15) is 12.6 Å². The van der Waals surface area contributed by atoms with Crippen LogP contribution in [-0.4, -0.2) is 38.3 Å². The molecule has 0 saturated heterocycles. The van der Waals surface area contributed by atoms with Gasteiger partial charge in [0.15, 0.2) is 12.4 Å². The minimum Gasteiger partial charge on any atom is -0.465 e. The van der Waals surface area contributed by atoms with Crippen molar-refractivity contribution >= 4 is 17.6 Å². The Labute approximate surface area is 198 Å². The van der Waals surface area contributed by atoms with E-state index < -0.39 is 47.2 Å². The van der Waals surface area contributed by atoms with Gasteiger partial charge in [-0.15, -0.1) is 0 Å². The fourth-order valence-corrected chi connectivity index (χ4v) is 2.96. The highest BCUT2D eigenvalue weighted by atomic mass is 35.5. The Morgan fingerprint density at radius 2 is 1.91 bits per heavy atom. The Bertz CT molecular complexity index is 1390. The molecular formula is C20H15ClF4N4O6. The van der Waals surface area contributed by atoms with Gasteiger partial charge in [0.1, 0.15) is 11.5 Å². The van der Waals surface area contributed by atoms with Crippen LogP contribution >= 0.6 is 11.6 Å². The summed E-state index contributed by atoms with van der Waals surface area (Å²) < 4.78 is 69.5. The minimum absolute atomic E-state index is 0.0886. The van der Waals surface area contributed by atoms with E-state index in [-0.39, 0.29) is 44.5 Å². The van der Waals surface area contributed by atoms with Crippen LogP contribution in [0.15, 0.2) is 40.1 Å². The number of ether oxygens (including phenoxy) is 3. The smallest absolute Gasteiger partial charge is 0.431 e. The van der Waals surface area contributed by atoms with Gasteiger partial charge in [0.2, 0.25) is 5.88 Å². The van der Waals surface area contributed by atoms with Crippen molar-refractivity contribution in [1.29, 1.82) is 0 Å². The van der Waals surface area contributed by atoms with E-state index in [1.165, 1.54) is 12.3 Å². The summed E-state index contributed by atoms with van der Waals surface area (Å²) in [5.41, 5.74) is -5.12. The predicted molar refractivity (Wildman–Crippen MR) is 111 cm³/mol. The van der Waals surface area contributed by atoms with Gasteiger partial charge in [0.25, 0.3) is 5.56 Å². The normalized spacial score (nSPS) is 11.3. The molecule has 35 heavy (non-hydrogen) atoms. The summed E-state index contributed by atoms with van der Waals surface area (Å²) in [6, 6.07) is 2.59. The number of rotatable bonds is 7. The second kappa shape index (κ2) is 10.1. The number of nitrogens with zero attached hydrogens (tertiary/aromatic N) is 4. The van der Waals surface area contributed by atoms with Crippen LogP contribution in [0.25, 0.3) is 5.69 Å². The Balaban J connectivity index is 1.98. The first-order chi connectivity index (χ1) is 16.4. The van der Waals surface area contributed by atoms with Gasteiger partial charge in [-0.3, -0.25) is 9.36 Å². The molecule has 0 spiro atoms. The van der Waals surface area contributed by atoms with E-state index in [1.807, 2.05) is 0 Å². The fourth-order valence-electron chi connectivity index (χ4n) is 2.78. The maximum Gasteiger partial charge on any atom is 0.431 e. The average molecular weight is 519 g/mol. The molecule has 0 aliphatic rings. The highest BCUT2D eigenvalue weighted by Gasteiger charge is 2.35. The molecule has 0 N–H and O–H groups in total. The zero-order chi connectivity index (χ0) is 25.9. The maximum atomic E-state index is 14.6. The van der Waals surface area contributed by atoms with Crippen LogP contribution < -0.4 is 20.7 Å². The molecule has 10 nitrogen and oxygen atoms in total. The van der Waals surface area contributed by atoms with Crippen molar-refractivity contribution < 1.29 is 36.6 Å². The number of hydrogen-bond donors (Lipinski definition) is 0. The molecule has 0 aliphatic carbocycles. The Morgan fingerprint density at radius 1 is 1.20 bits per heavy atom. The standard InChI is InChI=1S/C20H15ClF4N4O6/c1-3-33-17(31)9-34-15-4-5-26-18(27-15)35-13-7-12(11(22)6-10(13)21)29-16(30)8-14(20(23,24)25)28(2)19(29)32/h4-8H,3,9H2,1-2H3. The van der Waals surface area contributed by atoms with Gasteiger partial charge in [-0.05, 0) is 13.0 Å². The molecule has 0 unspecified atom stereocenters. The van der Waals surface area contributed by atoms with E-state index in [1.54, 1.807) is 6.92 Å². The first-order valence-electron chi connectivity index (χ1n) is 9.61. The maximum absolute atomic E-state index is 14.6. The molecule has 186 valence electrons. The second-order valence-electron chi connectivity index (χ2n) is 6.65. The van der Waals surface area contributed by atoms with Gasteiger partial charge in [-0.25, -0.2) is 23.5 Å². The average Bonchev–Trinajstić information content (AvgIpc) is 2.77. The molecule has 1 aromatic carbocycles. The SMILES string of the molecule is CCOC(=O)COc1ccnc(Oc2cc(-n3c(=O)cc(C(F)(F)F)n(C)c3=O)c(F)cc2Cl)n1. The highest BCUT2D eigenvalue weighted by Crippen LogP contribution is 2.32. The molecule has 2 aromatic heterocycles. The summed E-state index contributed by atoms with van der Waals surface area (Å²) in [5.74, 6) is -2.26. The van der Waals surface area contributed by atoms with Crippen molar-refractivity contribution in [1.82, 2.24) is 19.1 Å². The summed E-state index contributed by atoms with van der Waals surface area (Å²) in [7, 11) is 0.780. The van der Waals surface area contributed by atoms with Crippen LogP contribution in [0.3, 0.4) is 0 Å². The number of halogens is 5. The van der Waals surface area contributed by atoms with Crippen molar-refractivity contribution in [3.05, 3.63) is 67.8 Å². The first-order valence-corrected chi connectivity index (χ1v) is 9.99. The predicted octanol–water partition coefficient (Wildman–Crippen LogP) is 2.87. The number of benzene rings is 1. The van der Waals surface area contributed by atoms with E-state index in [0.29, 0.717) is 6.07 Å². The third kappa shape index (κ3) is 5.77. The molecule has 0 radical (unpaired) electrons. The summed E-state index contributed by atoms with van der Waals surface area (Å²) in [5, 5.41) is -0.329. The van der Waals surface area contributed by atoms with Crippen molar-refractivity contribution in [2.45, 2.75) is 13.1 Å². The van der Waals surface area contributed by atoms with Gasteiger partial charge >= 0.3 is 23.8 Å². The Kier molecular flexibility index (Phi) is 7.43. The lowest BCUT2D eigenvalue weighted by Crippen LogP contribution is -2.41. The van der Waals surface area contributed by atoms with Crippen LogP contribution in [-0.2, 0) is 22.8 Å². The monoisotopic (exact) mass is 518 g/mol. The van der Waals surface area contributed by atoms with Crippen molar-refractivity contribution in [3.63, 3.8) is 0 Å². The number of carbonyl (C=O) groups is 1. The van der Waals surface area contributed by atoms with Gasteiger partial charge in [-0.1, -0.05) is 11.6 Å². The molecule has 3 rings (SSSR count).